The molecule has 0 fully saturated rings. The predicted octanol–water partition coefficient (Wildman–Crippen LogP) is 1.77. The molecule has 4 heterocycles. The number of aromatic nitrogens is 2. The van der Waals surface area contributed by atoms with Crippen LogP contribution in [0.4, 0.5) is 4.39 Å². The van der Waals surface area contributed by atoms with Gasteiger partial charge in [0, 0.05) is 28.1 Å². The van der Waals surface area contributed by atoms with Gasteiger partial charge in [-0.05, 0) is 24.6 Å². The molecule has 2 aliphatic heterocycles. The molecule has 2 aliphatic rings. The number of hydrogen-bond donors (Lipinski definition) is 2. The molecule has 5 rings (SSSR count). The van der Waals surface area contributed by atoms with Gasteiger partial charge in [-0.1, -0.05) is 5.16 Å². The summed E-state index contributed by atoms with van der Waals surface area (Å²) in [4.78, 5) is 29.2. The summed E-state index contributed by atoms with van der Waals surface area (Å²) >= 11 is 0. The average molecular weight is 395 g/mol. The Morgan fingerprint density at radius 1 is 1.31 bits per heavy atom. The fourth-order valence-electron chi connectivity index (χ4n) is 3.99. The quantitative estimate of drug-likeness (QED) is 0.220. The fourth-order valence-corrected chi connectivity index (χ4v) is 3.99. The van der Waals surface area contributed by atoms with Gasteiger partial charge in [-0.3, -0.25) is 4.79 Å². The van der Waals surface area contributed by atoms with Crippen molar-refractivity contribution in [2.24, 2.45) is 5.16 Å². The SMILES string of the molecule is Cc1cc2c(/C=N/O)c3c(nc2cc1F)-c1cc2c(c(=O)n1C3)COC(=O)[C@H]2O. The third-order valence-electron chi connectivity index (χ3n) is 5.47. The van der Waals surface area contributed by atoms with Gasteiger partial charge in [-0.25, -0.2) is 14.2 Å². The van der Waals surface area contributed by atoms with E-state index in [0.29, 0.717) is 39.0 Å². The molecule has 0 saturated carbocycles. The summed E-state index contributed by atoms with van der Waals surface area (Å²) in [5.41, 5.74) is 2.67. The smallest absolute Gasteiger partial charge is 0.340 e. The number of aliphatic hydroxyl groups is 1. The third kappa shape index (κ3) is 2.34. The van der Waals surface area contributed by atoms with Gasteiger partial charge in [-0.15, -0.1) is 0 Å². The Labute approximate surface area is 162 Å². The number of rotatable bonds is 1. The van der Waals surface area contributed by atoms with Gasteiger partial charge >= 0.3 is 5.97 Å². The number of carbonyl (C=O) groups excluding carboxylic acids is 1. The van der Waals surface area contributed by atoms with Crippen molar-refractivity contribution in [1.29, 1.82) is 0 Å². The van der Waals surface area contributed by atoms with Crippen LogP contribution in [0.3, 0.4) is 0 Å². The van der Waals surface area contributed by atoms with Crippen LogP contribution >= 0.6 is 0 Å². The Morgan fingerprint density at radius 2 is 2.10 bits per heavy atom. The van der Waals surface area contributed by atoms with Crippen molar-refractivity contribution >= 4 is 23.1 Å². The topological polar surface area (TPSA) is 114 Å². The van der Waals surface area contributed by atoms with Crippen molar-refractivity contribution in [3.63, 3.8) is 0 Å². The molecule has 2 N–H and O–H groups in total. The third-order valence-corrected chi connectivity index (χ3v) is 5.47. The molecule has 1 aromatic carbocycles. The number of pyridine rings is 2. The molecule has 0 saturated heterocycles. The number of benzene rings is 1. The Morgan fingerprint density at radius 3 is 2.86 bits per heavy atom. The van der Waals surface area contributed by atoms with E-state index in [-0.39, 0.29) is 24.3 Å². The number of aliphatic hydroxyl groups excluding tert-OH is 1. The number of carbonyl (C=O) groups is 1. The van der Waals surface area contributed by atoms with Gasteiger partial charge in [0.05, 0.1) is 35.2 Å². The molecule has 8 nitrogen and oxygen atoms in total. The molecule has 9 heteroatoms. The van der Waals surface area contributed by atoms with Crippen molar-refractivity contribution in [2.75, 3.05) is 0 Å². The Balaban J connectivity index is 1.85. The highest BCUT2D eigenvalue weighted by molar-refractivity contribution is 6.02. The van der Waals surface area contributed by atoms with Crippen LogP contribution in [0.25, 0.3) is 22.3 Å². The largest absolute Gasteiger partial charge is 0.458 e. The van der Waals surface area contributed by atoms with Crippen LogP contribution in [0, 0.1) is 12.7 Å². The maximum Gasteiger partial charge on any atom is 0.340 e. The minimum absolute atomic E-state index is 0.154. The van der Waals surface area contributed by atoms with Gasteiger partial charge in [0.25, 0.3) is 5.56 Å². The molecule has 0 bridgehead atoms. The monoisotopic (exact) mass is 395 g/mol. The van der Waals surface area contributed by atoms with Crippen LogP contribution in [0.2, 0.25) is 0 Å². The predicted molar refractivity (Wildman–Crippen MR) is 99.4 cm³/mol. The van der Waals surface area contributed by atoms with Crippen LogP contribution in [0.15, 0.2) is 28.1 Å². The van der Waals surface area contributed by atoms with Crippen LogP contribution in [-0.4, -0.2) is 32.0 Å². The fraction of sp³-hybridized carbons (Fsp3) is 0.200. The van der Waals surface area contributed by atoms with E-state index in [1.54, 1.807) is 13.0 Å². The first kappa shape index (κ1) is 17.5. The number of hydrogen-bond acceptors (Lipinski definition) is 7. The normalized spacial score (nSPS) is 17.3. The zero-order valence-electron chi connectivity index (χ0n) is 15.1. The lowest BCUT2D eigenvalue weighted by Crippen LogP contribution is -2.32. The van der Waals surface area contributed by atoms with Crippen molar-refractivity contribution in [1.82, 2.24) is 9.55 Å². The summed E-state index contributed by atoms with van der Waals surface area (Å²) in [6.45, 7) is 1.56. The average Bonchev–Trinajstić information content (AvgIpc) is 3.05. The number of halogens is 1. The Hall–Kier alpha value is -3.59. The van der Waals surface area contributed by atoms with Crippen molar-refractivity contribution < 1.29 is 24.2 Å². The molecule has 0 aliphatic carbocycles. The van der Waals surface area contributed by atoms with Gasteiger partial charge in [0.1, 0.15) is 12.4 Å². The first-order valence-corrected chi connectivity index (χ1v) is 8.82. The molecule has 1 atom stereocenters. The second-order valence-corrected chi connectivity index (χ2v) is 7.08. The first-order chi connectivity index (χ1) is 13.9. The summed E-state index contributed by atoms with van der Waals surface area (Å²) in [5.74, 6) is -1.26. The van der Waals surface area contributed by atoms with E-state index in [0.717, 1.165) is 0 Å². The maximum absolute atomic E-state index is 14.1. The van der Waals surface area contributed by atoms with Crippen LogP contribution in [0.1, 0.15) is 33.9 Å². The van der Waals surface area contributed by atoms with E-state index >= 15 is 0 Å². The summed E-state index contributed by atoms with van der Waals surface area (Å²) < 4.78 is 20.5. The van der Waals surface area contributed by atoms with Crippen molar-refractivity contribution in [3.05, 3.63) is 62.2 Å². The molecule has 0 unspecified atom stereocenters. The number of ether oxygens (including phenoxy) is 1. The lowest BCUT2D eigenvalue weighted by atomic mass is 9.98. The number of nitrogens with zero attached hydrogens (tertiary/aromatic N) is 3. The van der Waals surface area contributed by atoms with E-state index in [1.807, 2.05) is 0 Å². The van der Waals surface area contributed by atoms with Gasteiger partial charge in [-0.2, -0.15) is 0 Å². The second-order valence-electron chi connectivity index (χ2n) is 7.08. The zero-order chi connectivity index (χ0) is 20.4. The number of cyclic esters (lactones) is 1. The number of oxime groups is 1. The van der Waals surface area contributed by atoms with Gasteiger partial charge < -0.3 is 19.6 Å². The summed E-state index contributed by atoms with van der Waals surface area (Å²) in [5, 5.41) is 23.0. The highest BCUT2D eigenvalue weighted by Crippen LogP contribution is 2.37. The standard InChI is InChI=1S/C20H14FN3O5/c1-8-2-9-11(5-22-28)12-6-24-16(17(12)23-15(9)4-14(8)21)3-10-13(19(24)26)7-29-20(27)18(10)25/h2-5,18,25,28H,6-7H2,1H3/b22-5+/t18-/m0/s1. The zero-order valence-corrected chi connectivity index (χ0v) is 15.1. The lowest BCUT2D eigenvalue weighted by molar-refractivity contribution is -0.157. The number of aryl methyl sites for hydroxylation is 1. The minimum Gasteiger partial charge on any atom is -0.458 e. The molecule has 0 radical (unpaired) electrons. The number of fused-ring (bicyclic) bond motifs is 5. The van der Waals surface area contributed by atoms with Gasteiger partial charge in [0.2, 0.25) is 0 Å². The molecule has 3 aromatic rings. The first-order valence-electron chi connectivity index (χ1n) is 8.82. The lowest BCUT2D eigenvalue weighted by Gasteiger charge is -2.21. The van der Waals surface area contributed by atoms with Crippen LogP contribution < -0.4 is 5.56 Å². The van der Waals surface area contributed by atoms with E-state index in [2.05, 4.69) is 10.1 Å². The van der Waals surface area contributed by atoms with Crippen molar-refractivity contribution in [3.8, 4) is 11.4 Å². The molecular formula is C20H14FN3O5. The second kappa shape index (κ2) is 5.95. The van der Waals surface area contributed by atoms with Crippen LogP contribution in [-0.2, 0) is 22.7 Å². The minimum atomic E-state index is -1.56. The summed E-state index contributed by atoms with van der Waals surface area (Å²) in [6, 6.07) is 4.43. The molecule has 2 aromatic heterocycles. The van der Waals surface area contributed by atoms with E-state index in [4.69, 9.17) is 9.94 Å². The molecular weight excluding hydrogens is 381 g/mol. The number of esters is 1. The Bertz CT molecular complexity index is 1330. The van der Waals surface area contributed by atoms with Crippen molar-refractivity contribution in [2.45, 2.75) is 26.2 Å². The molecule has 146 valence electrons. The van der Waals surface area contributed by atoms with E-state index < -0.39 is 23.4 Å². The molecule has 0 spiro atoms. The summed E-state index contributed by atoms with van der Waals surface area (Å²) in [7, 11) is 0. The maximum atomic E-state index is 14.1. The molecule has 29 heavy (non-hydrogen) atoms. The van der Waals surface area contributed by atoms with Crippen LogP contribution in [0.5, 0.6) is 0 Å². The van der Waals surface area contributed by atoms with E-state index in [1.165, 1.54) is 22.9 Å². The highest BCUT2D eigenvalue weighted by Gasteiger charge is 2.34. The van der Waals surface area contributed by atoms with E-state index in [9.17, 15) is 19.1 Å². The summed E-state index contributed by atoms with van der Waals surface area (Å²) in [6.07, 6.45) is -0.321. The highest BCUT2D eigenvalue weighted by atomic mass is 19.1. The van der Waals surface area contributed by atoms with Gasteiger partial charge in [0.15, 0.2) is 6.10 Å². The Kier molecular flexibility index (Phi) is 3.59. The molecule has 0 amide bonds.